The van der Waals surface area contributed by atoms with Crippen LogP contribution in [0.2, 0.25) is 0 Å². The zero-order chi connectivity index (χ0) is 20.8. The third kappa shape index (κ3) is 4.88. The molecule has 0 saturated carbocycles. The van der Waals surface area contributed by atoms with Crippen molar-refractivity contribution in [1.82, 2.24) is 20.3 Å². The number of hydrogen-bond donors (Lipinski definition) is 2. The number of anilines is 1. The van der Waals surface area contributed by atoms with Gasteiger partial charge in [0.15, 0.2) is 5.76 Å². The molecule has 0 saturated heterocycles. The summed E-state index contributed by atoms with van der Waals surface area (Å²) in [7, 11) is 1.56. The molecule has 1 atom stereocenters. The number of ether oxygens (including phenoxy) is 2. The maximum absolute atomic E-state index is 12.9. The van der Waals surface area contributed by atoms with E-state index in [9.17, 15) is 4.79 Å². The van der Waals surface area contributed by atoms with E-state index in [1.165, 1.54) is 6.26 Å². The lowest BCUT2D eigenvalue weighted by Gasteiger charge is -2.17. The Kier molecular flexibility index (Phi) is 6.40. The number of nitrogens with one attached hydrogen (secondary N) is 1. The highest BCUT2D eigenvalue weighted by Crippen LogP contribution is 2.27. The third-order valence-corrected chi connectivity index (χ3v) is 4.12. The Morgan fingerprint density at radius 2 is 2.14 bits per heavy atom. The van der Waals surface area contributed by atoms with E-state index < -0.39 is 5.91 Å². The predicted molar refractivity (Wildman–Crippen MR) is 106 cm³/mol. The van der Waals surface area contributed by atoms with Crippen LogP contribution in [0.5, 0.6) is 5.88 Å². The summed E-state index contributed by atoms with van der Waals surface area (Å²) in [5.41, 5.74) is 7.87. The molecule has 3 aromatic heterocycles. The summed E-state index contributed by atoms with van der Waals surface area (Å²) in [6, 6.07) is 7.16. The zero-order valence-electron chi connectivity index (χ0n) is 16.5. The number of amides is 1. The van der Waals surface area contributed by atoms with Crippen LogP contribution in [0.4, 0.5) is 5.82 Å². The van der Waals surface area contributed by atoms with Crippen molar-refractivity contribution in [3.05, 3.63) is 53.5 Å². The average Bonchev–Trinajstić information content (AvgIpc) is 3.22. The van der Waals surface area contributed by atoms with Crippen molar-refractivity contribution in [2.45, 2.75) is 26.5 Å². The summed E-state index contributed by atoms with van der Waals surface area (Å²) >= 11 is 0. The fourth-order valence-corrected chi connectivity index (χ4v) is 2.69. The molecule has 3 heterocycles. The monoisotopic (exact) mass is 397 g/mol. The minimum Gasteiger partial charge on any atom is -0.471 e. The molecule has 0 aliphatic rings. The summed E-state index contributed by atoms with van der Waals surface area (Å²) in [6.07, 6.45) is 2.81. The number of nitrogens with zero attached hydrogens (tertiary/aromatic N) is 3. The minimum absolute atomic E-state index is 0.0127. The molecule has 0 radical (unpaired) electrons. The van der Waals surface area contributed by atoms with Crippen molar-refractivity contribution in [1.29, 1.82) is 0 Å². The van der Waals surface area contributed by atoms with Crippen LogP contribution in [0.15, 0.2) is 41.1 Å². The fourth-order valence-electron chi connectivity index (χ4n) is 2.69. The van der Waals surface area contributed by atoms with E-state index in [1.54, 1.807) is 32.4 Å². The van der Waals surface area contributed by atoms with Crippen LogP contribution in [0.25, 0.3) is 11.6 Å². The highest BCUT2D eigenvalue weighted by atomic mass is 16.5. The number of aryl methyl sites for hydroxylation is 1. The number of aromatic nitrogens is 3. The number of methoxy groups -OCH3 is 1. The largest absolute Gasteiger partial charge is 0.471 e. The van der Waals surface area contributed by atoms with Gasteiger partial charge in [-0.15, -0.1) is 0 Å². The molecule has 9 nitrogen and oxygen atoms in total. The van der Waals surface area contributed by atoms with Crippen LogP contribution < -0.4 is 15.8 Å². The van der Waals surface area contributed by atoms with Crippen LogP contribution >= 0.6 is 0 Å². The van der Waals surface area contributed by atoms with E-state index in [1.807, 2.05) is 19.1 Å². The molecular weight excluding hydrogens is 374 g/mol. The number of nitrogen functional groups attached to an aromatic ring is 1. The number of rotatable bonds is 8. The van der Waals surface area contributed by atoms with E-state index in [2.05, 4.69) is 20.3 Å². The van der Waals surface area contributed by atoms with Crippen molar-refractivity contribution in [2.75, 3.05) is 19.5 Å². The van der Waals surface area contributed by atoms with E-state index in [4.69, 9.17) is 19.6 Å². The number of carbonyl (C=O) groups excluding carboxylic acids is 1. The third-order valence-electron chi connectivity index (χ3n) is 4.12. The Hall–Kier alpha value is -3.46. The van der Waals surface area contributed by atoms with Crippen LogP contribution in [0.1, 0.15) is 28.5 Å². The van der Waals surface area contributed by atoms with E-state index >= 15 is 0 Å². The molecule has 3 N–H and O–H groups in total. The molecule has 152 valence electrons. The van der Waals surface area contributed by atoms with Crippen molar-refractivity contribution in [3.8, 4) is 17.5 Å². The molecule has 29 heavy (non-hydrogen) atoms. The van der Waals surface area contributed by atoms with Gasteiger partial charge in [0.2, 0.25) is 11.7 Å². The predicted octanol–water partition coefficient (Wildman–Crippen LogP) is 2.37. The first kappa shape index (κ1) is 20.3. The number of hydrogen-bond acceptors (Lipinski definition) is 8. The SMILES string of the molecule is COCC(C)Oc1nc(-c2ccco2)nc(N)c1C(=O)NCc1ncccc1C. The quantitative estimate of drug-likeness (QED) is 0.593. The molecule has 0 spiro atoms. The standard InChI is InChI=1S/C20H23N5O4/c1-12-6-4-8-22-14(12)10-23-19(26)16-17(21)24-18(15-7-5-9-28-15)25-20(16)29-13(2)11-27-3/h4-9,13H,10-11H2,1-3H3,(H,23,26)(H2,21,24,25). The summed E-state index contributed by atoms with van der Waals surface area (Å²) in [4.78, 5) is 25.7. The number of furan rings is 1. The van der Waals surface area contributed by atoms with Crippen molar-refractivity contribution < 1.29 is 18.7 Å². The van der Waals surface area contributed by atoms with Crippen molar-refractivity contribution in [2.24, 2.45) is 0 Å². The minimum atomic E-state index is -0.460. The second-order valence-corrected chi connectivity index (χ2v) is 6.42. The Balaban J connectivity index is 1.90. The van der Waals surface area contributed by atoms with Gasteiger partial charge in [-0.1, -0.05) is 6.07 Å². The Morgan fingerprint density at radius 3 is 2.83 bits per heavy atom. The van der Waals surface area contributed by atoms with Gasteiger partial charge < -0.3 is 24.9 Å². The maximum atomic E-state index is 12.9. The highest BCUT2D eigenvalue weighted by Gasteiger charge is 2.24. The van der Waals surface area contributed by atoms with Gasteiger partial charge in [-0.2, -0.15) is 4.98 Å². The second kappa shape index (κ2) is 9.16. The van der Waals surface area contributed by atoms with Crippen molar-refractivity contribution in [3.63, 3.8) is 0 Å². The van der Waals surface area contributed by atoms with Crippen molar-refractivity contribution >= 4 is 11.7 Å². The Morgan fingerprint density at radius 1 is 1.31 bits per heavy atom. The molecule has 0 bridgehead atoms. The molecule has 0 fully saturated rings. The molecule has 0 aromatic carbocycles. The number of pyridine rings is 1. The topological polar surface area (TPSA) is 125 Å². The lowest BCUT2D eigenvalue weighted by atomic mass is 10.2. The summed E-state index contributed by atoms with van der Waals surface area (Å²) in [6.45, 7) is 4.27. The first-order valence-corrected chi connectivity index (χ1v) is 9.05. The van der Waals surface area contributed by atoms with Gasteiger partial charge in [0.1, 0.15) is 17.5 Å². The molecule has 9 heteroatoms. The molecule has 0 aliphatic heterocycles. The van der Waals surface area contributed by atoms with Gasteiger partial charge in [-0.3, -0.25) is 9.78 Å². The second-order valence-electron chi connectivity index (χ2n) is 6.42. The molecular formula is C20H23N5O4. The van der Waals surface area contributed by atoms with Gasteiger partial charge in [-0.25, -0.2) is 4.98 Å². The van der Waals surface area contributed by atoms with Gasteiger partial charge in [0, 0.05) is 13.3 Å². The number of nitrogens with two attached hydrogens (primary N) is 1. The molecule has 0 aliphatic carbocycles. The Labute approximate surface area is 168 Å². The molecule has 3 rings (SSSR count). The molecule has 1 amide bonds. The van der Waals surface area contributed by atoms with E-state index in [0.717, 1.165) is 11.3 Å². The van der Waals surface area contributed by atoms with Crippen LogP contribution in [-0.4, -0.2) is 40.7 Å². The molecule has 1 unspecified atom stereocenters. The summed E-state index contributed by atoms with van der Waals surface area (Å²) in [5.74, 6) is 0.226. The summed E-state index contributed by atoms with van der Waals surface area (Å²) in [5, 5.41) is 2.80. The van der Waals surface area contributed by atoms with E-state index in [-0.39, 0.29) is 35.7 Å². The van der Waals surface area contributed by atoms with Gasteiger partial charge >= 0.3 is 0 Å². The fraction of sp³-hybridized carbons (Fsp3) is 0.300. The van der Waals surface area contributed by atoms with Crippen LogP contribution in [-0.2, 0) is 11.3 Å². The first-order chi connectivity index (χ1) is 14.0. The summed E-state index contributed by atoms with van der Waals surface area (Å²) < 4.78 is 16.3. The Bertz CT molecular complexity index is 975. The maximum Gasteiger partial charge on any atom is 0.260 e. The van der Waals surface area contributed by atoms with Gasteiger partial charge in [-0.05, 0) is 37.6 Å². The zero-order valence-corrected chi connectivity index (χ0v) is 16.5. The lowest BCUT2D eigenvalue weighted by molar-refractivity contribution is 0.0845. The first-order valence-electron chi connectivity index (χ1n) is 9.05. The van der Waals surface area contributed by atoms with E-state index in [0.29, 0.717) is 12.4 Å². The molecule has 3 aromatic rings. The number of carbonyl (C=O) groups is 1. The lowest BCUT2D eigenvalue weighted by Crippen LogP contribution is -2.28. The average molecular weight is 397 g/mol. The van der Waals surface area contributed by atoms with Gasteiger partial charge in [0.05, 0.1) is 25.1 Å². The van der Waals surface area contributed by atoms with Crippen LogP contribution in [0.3, 0.4) is 0 Å². The van der Waals surface area contributed by atoms with Crippen LogP contribution in [0, 0.1) is 6.92 Å². The highest BCUT2D eigenvalue weighted by molar-refractivity contribution is 6.00. The van der Waals surface area contributed by atoms with Gasteiger partial charge in [0.25, 0.3) is 5.91 Å². The smallest absolute Gasteiger partial charge is 0.260 e. The normalized spacial score (nSPS) is 11.8.